The maximum Gasteiger partial charge on any atom is 0.307 e. The Labute approximate surface area is 106 Å². The second-order valence-corrected chi connectivity index (χ2v) is 3.99. The minimum atomic E-state index is -0.857. The molecule has 0 aliphatic heterocycles. The second kappa shape index (κ2) is 6.30. The fourth-order valence-corrected chi connectivity index (χ4v) is 1.61. The molecule has 0 aromatic heterocycles. The van der Waals surface area contributed by atoms with Gasteiger partial charge >= 0.3 is 5.97 Å². The van der Waals surface area contributed by atoms with Crippen LogP contribution in [0.1, 0.15) is 25.8 Å². The fraction of sp³-hybridized carbons (Fsp3) is 0.308. The Bertz CT molecular complexity index is 438. The summed E-state index contributed by atoms with van der Waals surface area (Å²) in [4.78, 5) is 10.5. The lowest BCUT2D eigenvalue weighted by Gasteiger charge is -2.11. The van der Waals surface area contributed by atoms with Crippen molar-refractivity contribution >= 4 is 23.1 Å². The van der Waals surface area contributed by atoms with Gasteiger partial charge in [0.15, 0.2) is 0 Å². The number of carboxylic acid groups (broad SMARTS) is 1. The number of hydrogen-bond donors (Lipinski definition) is 1. The number of aliphatic carboxylic acids is 1. The highest BCUT2D eigenvalue weighted by Crippen LogP contribution is 2.29. The summed E-state index contributed by atoms with van der Waals surface area (Å²) in [7, 11) is 0. The molecule has 3 nitrogen and oxygen atoms in total. The molecule has 1 rings (SSSR count). The van der Waals surface area contributed by atoms with Gasteiger partial charge in [0.05, 0.1) is 13.0 Å². The monoisotopic (exact) mass is 254 g/mol. The van der Waals surface area contributed by atoms with Crippen molar-refractivity contribution in [3.8, 4) is 5.75 Å². The molecule has 4 heteroatoms. The van der Waals surface area contributed by atoms with Crippen molar-refractivity contribution in [2.75, 3.05) is 6.61 Å². The SMILES string of the molecule is CCOc1ccc(Cl)cc1/C(C)=C/CC(=O)O. The van der Waals surface area contributed by atoms with Crippen molar-refractivity contribution in [3.05, 3.63) is 34.9 Å². The first-order valence-corrected chi connectivity index (χ1v) is 5.73. The third kappa shape index (κ3) is 4.11. The van der Waals surface area contributed by atoms with Crippen LogP contribution in [0.2, 0.25) is 5.02 Å². The molecular formula is C13H15ClO3. The molecule has 0 unspecified atom stereocenters. The predicted molar refractivity (Wildman–Crippen MR) is 68.5 cm³/mol. The van der Waals surface area contributed by atoms with E-state index in [-0.39, 0.29) is 6.42 Å². The summed E-state index contributed by atoms with van der Waals surface area (Å²) >= 11 is 5.92. The van der Waals surface area contributed by atoms with E-state index in [4.69, 9.17) is 21.4 Å². The smallest absolute Gasteiger partial charge is 0.307 e. The minimum Gasteiger partial charge on any atom is -0.493 e. The van der Waals surface area contributed by atoms with Crippen LogP contribution in [-0.4, -0.2) is 17.7 Å². The molecule has 0 atom stereocenters. The van der Waals surface area contributed by atoms with E-state index in [1.54, 1.807) is 24.3 Å². The van der Waals surface area contributed by atoms with E-state index in [0.717, 1.165) is 16.9 Å². The first-order chi connectivity index (χ1) is 8.04. The first-order valence-electron chi connectivity index (χ1n) is 5.36. The Kier molecular flexibility index (Phi) is 5.04. The number of ether oxygens (including phenoxy) is 1. The van der Waals surface area contributed by atoms with E-state index in [1.165, 1.54) is 0 Å². The standard InChI is InChI=1S/C13H15ClO3/c1-3-17-12-6-5-10(14)8-11(12)9(2)4-7-13(15)16/h4-6,8H,3,7H2,1-2H3,(H,15,16)/b9-4+. The van der Waals surface area contributed by atoms with E-state index < -0.39 is 5.97 Å². The van der Waals surface area contributed by atoms with Crippen LogP contribution in [0.15, 0.2) is 24.3 Å². The lowest BCUT2D eigenvalue weighted by Crippen LogP contribution is -1.96. The Morgan fingerprint density at radius 1 is 1.53 bits per heavy atom. The number of halogens is 1. The summed E-state index contributed by atoms with van der Waals surface area (Å²) in [5.41, 5.74) is 1.68. The average molecular weight is 255 g/mol. The van der Waals surface area contributed by atoms with Gasteiger partial charge in [-0.3, -0.25) is 4.79 Å². The molecule has 1 aromatic rings. The van der Waals surface area contributed by atoms with E-state index >= 15 is 0 Å². The van der Waals surface area contributed by atoms with Crippen LogP contribution in [0.25, 0.3) is 5.57 Å². The Morgan fingerprint density at radius 2 is 2.24 bits per heavy atom. The molecule has 0 saturated heterocycles. The number of hydrogen-bond acceptors (Lipinski definition) is 2. The maximum atomic E-state index is 10.5. The summed E-state index contributed by atoms with van der Waals surface area (Å²) in [5, 5.41) is 9.24. The molecule has 0 aliphatic carbocycles. The van der Waals surface area contributed by atoms with E-state index in [9.17, 15) is 4.79 Å². The van der Waals surface area contributed by atoms with Gasteiger partial charge in [-0.15, -0.1) is 0 Å². The molecule has 0 radical (unpaired) electrons. The van der Waals surface area contributed by atoms with Crippen LogP contribution in [0.5, 0.6) is 5.75 Å². The zero-order chi connectivity index (χ0) is 12.8. The molecule has 0 bridgehead atoms. The third-order valence-corrected chi connectivity index (χ3v) is 2.48. The van der Waals surface area contributed by atoms with Gasteiger partial charge in [-0.05, 0) is 37.6 Å². The second-order valence-electron chi connectivity index (χ2n) is 3.56. The summed E-state index contributed by atoms with van der Waals surface area (Å²) < 4.78 is 5.47. The fourth-order valence-electron chi connectivity index (χ4n) is 1.44. The highest BCUT2D eigenvalue weighted by molar-refractivity contribution is 6.30. The van der Waals surface area contributed by atoms with Crippen LogP contribution in [-0.2, 0) is 4.79 Å². The van der Waals surface area contributed by atoms with Gasteiger partial charge in [0.2, 0.25) is 0 Å². The molecule has 1 aromatic carbocycles. The Hall–Kier alpha value is -1.48. The summed E-state index contributed by atoms with van der Waals surface area (Å²) in [6.07, 6.45) is 1.64. The number of benzene rings is 1. The van der Waals surface area contributed by atoms with Crippen LogP contribution in [0.4, 0.5) is 0 Å². The van der Waals surface area contributed by atoms with E-state index in [1.807, 2.05) is 13.8 Å². The molecule has 0 spiro atoms. The largest absolute Gasteiger partial charge is 0.493 e. The van der Waals surface area contributed by atoms with Gasteiger partial charge in [0.25, 0.3) is 0 Å². The molecular weight excluding hydrogens is 240 g/mol. The van der Waals surface area contributed by atoms with Gasteiger partial charge in [0.1, 0.15) is 5.75 Å². The Morgan fingerprint density at radius 3 is 2.82 bits per heavy atom. The van der Waals surface area contributed by atoms with Gasteiger partial charge in [-0.25, -0.2) is 0 Å². The topological polar surface area (TPSA) is 46.5 Å². The highest BCUT2D eigenvalue weighted by Gasteiger charge is 2.06. The van der Waals surface area contributed by atoms with Crippen LogP contribution in [0.3, 0.4) is 0 Å². The highest BCUT2D eigenvalue weighted by atomic mass is 35.5. The zero-order valence-electron chi connectivity index (χ0n) is 9.87. The summed E-state index contributed by atoms with van der Waals surface area (Å²) in [6.45, 7) is 4.30. The Balaban J connectivity index is 3.05. The van der Waals surface area contributed by atoms with Gasteiger partial charge in [-0.1, -0.05) is 17.7 Å². The van der Waals surface area contributed by atoms with E-state index in [0.29, 0.717) is 11.6 Å². The molecule has 17 heavy (non-hydrogen) atoms. The van der Waals surface area contributed by atoms with Crippen molar-refractivity contribution in [2.45, 2.75) is 20.3 Å². The quantitative estimate of drug-likeness (QED) is 0.873. The van der Waals surface area contributed by atoms with Crippen molar-refractivity contribution < 1.29 is 14.6 Å². The first kappa shape index (κ1) is 13.6. The van der Waals surface area contributed by atoms with Gasteiger partial charge in [-0.2, -0.15) is 0 Å². The number of rotatable bonds is 5. The van der Waals surface area contributed by atoms with Crippen molar-refractivity contribution in [2.24, 2.45) is 0 Å². The third-order valence-electron chi connectivity index (χ3n) is 2.25. The van der Waals surface area contributed by atoms with Gasteiger partial charge in [0, 0.05) is 10.6 Å². The molecule has 0 amide bonds. The molecule has 0 fully saturated rings. The lowest BCUT2D eigenvalue weighted by molar-refractivity contribution is -0.135. The zero-order valence-corrected chi connectivity index (χ0v) is 10.6. The molecule has 0 saturated carbocycles. The van der Waals surface area contributed by atoms with Crippen LogP contribution in [0, 0.1) is 0 Å². The normalized spacial score (nSPS) is 11.4. The number of allylic oxidation sites excluding steroid dienone is 1. The number of carboxylic acids is 1. The summed E-state index contributed by atoms with van der Waals surface area (Å²) in [6, 6.07) is 5.32. The predicted octanol–water partition coefficient (Wildman–Crippen LogP) is 3.62. The summed E-state index contributed by atoms with van der Waals surface area (Å²) in [5.74, 6) is -0.139. The molecule has 92 valence electrons. The molecule has 0 aliphatic rings. The van der Waals surface area contributed by atoms with Crippen LogP contribution < -0.4 is 4.74 Å². The lowest BCUT2D eigenvalue weighted by atomic mass is 10.1. The average Bonchev–Trinajstić information content (AvgIpc) is 2.28. The maximum absolute atomic E-state index is 10.5. The van der Waals surface area contributed by atoms with Gasteiger partial charge < -0.3 is 9.84 Å². The van der Waals surface area contributed by atoms with Crippen molar-refractivity contribution in [3.63, 3.8) is 0 Å². The van der Waals surface area contributed by atoms with Crippen molar-refractivity contribution in [1.82, 2.24) is 0 Å². The van der Waals surface area contributed by atoms with Crippen LogP contribution >= 0.6 is 11.6 Å². The minimum absolute atomic E-state index is 0.0100. The molecule has 0 heterocycles. The number of carbonyl (C=O) groups is 1. The van der Waals surface area contributed by atoms with Crippen molar-refractivity contribution in [1.29, 1.82) is 0 Å². The molecule has 1 N–H and O–H groups in total. The van der Waals surface area contributed by atoms with E-state index in [2.05, 4.69) is 0 Å².